The molecule has 2 aliphatic rings. The lowest BCUT2D eigenvalue weighted by Gasteiger charge is -2.24. The standard InChI is InChI=1S/C20H24N4S/c1-2-7-15(6-1)24-14-21-12-16(24)13-23-11-5-9-18(23)20-22-17-8-3-4-10-19(17)25-20/h3-4,8,10,12,14-15,18H,1-2,5-7,9,11,13H2/t18-/m1/s1. The van der Waals surface area contributed by atoms with Crippen LogP contribution in [0.15, 0.2) is 36.8 Å². The number of benzene rings is 1. The van der Waals surface area contributed by atoms with Crippen LogP contribution in [0.2, 0.25) is 0 Å². The van der Waals surface area contributed by atoms with Gasteiger partial charge in [0.1, 0.15) is 5.01 Å². The summed E-state index contributed by atoms with van der Waals surface area (Å²) in [4.78, 5) is 12.0. The quantitative estimate of drug-likeness (QED) is 0.666. The summed E-state index contributed by atoms with van der Waals surface area (Å²) in [6.07, 6.45) is 12.0. The summed E-state index contributed by atoms with van der Waals surface area (Å²) >= 11 is 1.87. The Morgan fingerprint density at radius 3 is 2.84 bits per heavy atom. The number of hydrogen-bond acceptors (Lipinski definition) is 4. The summed E-state index contributed by atoms with van der Waals surface area (Å²) in [5, 5.41) is 1.28. The maximum absolute atomic E-state index is 4.93. The first kappa shape index (κ1) is 15.5. The van der Waals surface area contributed by atoms with E-state index >= 15 is 0 Å². The van der Waals surface area contributed by atoms with Crippen LogP contribution in [0, 0.1) is 0 Å². The van der Waals surface area contributed by atoms with Gasteiger partial charge in [-0.25, -0.2) is 9.97 Å². The van der Waals surface area contributed by atoms with Gasteiger partial charge in [0.2, 0.25) is 0 Å². The maximum atomic E-state index is 4.93. The second-order valence-corrected chi connectivity index (χ2v) is 8.44. The van der Waals surface area contributed by atoms with Crippen LogP contribution in [0.5, 0.6) is 0 Å². The molecule has 0 bridgehead atoms. The van der Waals surface area contributed by atoms with Crippen molar-refractivity contribution in [3.63, 3.8) is 0 Å². The van der Waals surface area contributed by atoms with Crippen molar-refractivity contribution in [1.29, 1.82) is 0 Å². The number of hydrogen-bond donors (Lipinski definition) is 0. The molecule has 0 N–H and O–H groups in total. The van der Waals surface area contributed by atoms with Crippen LogP contribution in [-0.2, 0) is 6.54 Å². The first-order valence-electron chi connectivity index (χ1n) is 9.49. The van der Waals surface area contributed by atoms with E-state index in [9.17, 15) is 0 Å². The zero-order valence-electron chi connectivity index (χ0n) is 14.5. The van der Waals surface area contributed by atoms with Crippen molar-refractivity contribution in [3.05, 3.63) is 47.5 Å². The molecule has 1 aliphatic heterocycles. The van der Waals surface area contributed by atoms with Gasteiger partial charge in [0, 0.05) is 18.8 Å². The summed E-state index contributed by atoms with van der Waals surface area (Å²) in [5.41, 5.74) is 2.52. The number of aromatic nitrogens is 3. The first-order chi connectivity index (χ1) is 12.4. The molecule has 0 spiro atoms. The third-order valence-electron chi connectivity index (χ3n) is 5.79. The van der Waals surface area contributed by atoms with Crippen LogP contribution in [0.1, 0.15) is 61.3 Å². The summed E-state index contributed by atoms with van der Waals surface area (Å²) in [7, 11) is 0. The smallest absolute Gasteiger partial charge is 0.111 e. The monoisotopic (exact) mass is 352 g/mol. The van der Waals surface area contributed by atoms with Gasteiger partial charge in [-0.15, -0.1) is 11.3 Å². The van der Waals surface area contributed by atoms with Crippen molar-refractivity contribution in [3.8, 4) is 0 Å². The van der Waals surface area contributed by atoms with Gasteiger partial charge in [0.15, 0.2) is 0 Å². The largest absolute Gasteiger partial charge is 0.330 e. The highest BCUT2D eigenvalue weighted by Gasteiger charge is 2.30. The Morgan fingerprint density at radius 2 is 1.96 bits per heavy atom. The van der Waals surface area contributed by atoms with Crippen molar-refractivity contribution >= 4 is 21.6 Å². The number of nitrogens with zero attached hydrogens (tertiary/aromatic N) is 4. The van der Waals surface area contributed by atoms with Crippen molar-refractivity contribution < 1.29 is 0 Å². The predicted octanol–water partition coefficient (Wildman–Crippen LogP) is 4.95. The van der Waals surface area contributed by atoms with Gasteiger partial charge in [0.05, 0.1) is 28.3 Å². The van der Waals surface area contributed by atoms with Crippen LogP contribution in [0.25, 0.3) is 10.2 Å². The molecule has 2 fully saturated rings. The molecule has 1 saturated heterocycles. The van der Waals surface area contributed by atoms with Crippen molar-refractivity contribution in [2.24, 2.45) is 0 Å². The molecule has 3 aromatic rings. The minimum atomic E-state index is 0.462. The van der Waals surface area contributed by atoms with E-state index in [1.54, 1.807) is 0 Å². The van der Waals surface area contributed by atoms with Crippen LogP contribution >= 0.6 is 11.3 Å². The molecule has 3 heterocycles. The predicted molar refractivity (Wildman–Crippen MR) is 102 cm³/mol. The molecule has 0 radical (unpaired) electrons. The second-order valence-electron chi connectivity index (χ2n) is 7.38. The highest BCUT2D eigenvalue weighted by atomic mass is 32.1. The number of likely N-dealkylation sites (tertiary alicyclic amines) is 1. The number of rotatable bonds is 4. The van der Waals surface area contributed by atoms with Gasteiger partial charge < -0.3 is 4.57 Å². The summed E-state index contributed by atoms with van der Waals surface area (Å²) < 4.78 is 3.75. The fraction of sp³-hybridized carbons (Fsp3) is 0.500. The third kappa shape index (κ3) is 2.89. The number of thiazole rings is 1. The fourth-order valence-corrected chi connectivity index (χ4v) is 5.64. The highest BCUT2D eigenvalue weighted by Crippen LogP contribution is 2.38. The van der Waals surface area contributed by atoms with E-state index in [2.05, 4.69) is 44.9 Å². The van der Waals surface area contributed by atoms with E-state index < -0.39 is 0 Å². The van der Waals surface area contributed by atoms with Gasteiger partial charge in [-0.1, -0.05) is 25.0 Å². The molecule has 5 rings (SSSR count). The number of para-hydroxylation sites is 1. The Hall–Kier alpha value is -1.72. The number of imidazole rings is 1. The summed E-state index contributed by atoms with van der Waals surface area (Å²) in [6.45, 7) is 2.16. The van der Waals surface area contributed by atoms with Gasteiger partial charge >= 0.3 is 0 Å². The van der Waals surface area contributed by atoms with Crippen LogP contribution < -0.4 is 0 Å². The molecule has 1 aliphatic carbocycles. The van der Waals surface area contributed by atoms with Crippen LogP contribution in [0.3, 0.4) is 0 Å². The van der Waals surface area contributed by atoms with Crippen molar-refractivity contribution in [1.82, 2.24) is 19.4 Å². The molecule has 4 nitrogen and oxygen atoms in total. The molecular formula is C20H24N4S. The molecule has 0 amide bonds. The van der Waals surface area contributed by atoms with E-state index in [1.807, 2.05) is 17.7 Å². The third-order valence-corrected chi connectivity index (χ3v) is 6.93. The Labute approximate surface area is 152 Å². The first-order valence-corrected chi connectivity index (χ1v) is 10.3. The maximum Gasteiger partial charge on any atom is 0.111 e. The molecule has 1 saturated carbocycles. The zero-order chi connectivity index (χ0) is 16.6. The van der Waals surface area contributed by atoms with Crippen molar-refractivity contribution in [2.45, 2.75) is 57.2 Å². The van der Waals surface area contributed by atoms with E-state index in [0.717, 1.165) is 18.6 Å². The average molecular weight is 353 g/mol. The molecule has 0 unspecified atom stereocenters. The molecule has 2 aromatic heterocycles. The molecule has 25 heavy (non-hydrogen) atoms. The molecule has 1 atom stereocenters. The van der Waals surface area contributed by atoms with E-state index in [4.69, 9.17) is 4.98 Å². The molecule has 1 aromatic carbocycles. The fourth-order valence-electron chi connectivity index (χ4n) is 4.50. The Kier molecular flexibility index (Phi) is 4.06. The summed E-state index contributed by atoms with van der Waals surface area (Å²) in [5.74, 6) is 0. The molecule has 130 valence electrons. The lowest BCUT2D eigenvalue weighted by Crippen LogP contribution is -2.24. The molecular weight excluding hydrogens is 328 g/mol. The van der Waals surface area contributed by atoms with Crippen molar-refractivity contribution in [2.75, 3.05) is 6.54 Å². The van der Waals surface area contributed by atoms with Crippen LogP contribution in [0.4, 0.5) is 0 Å². The van der Waals surface area contributed by atoms with E-state index in [0.29, 0.717) is 12.1 Å². The Balaban J connectivity index is 1.39. The van der Waals surface area contributed by atoms with Gasteiger partial charge in [-0.2, -0.15) is 0 Å². The summed E-state index contributed by atoms with van der Waals surface area (Å²) in [6, 6.07) is 9.63. The number of fused-ring (bicyclic) bond motifs is 1. The highest BCUT2D eigenvalue weighted by molar-refractivity contribution is 7.18. The second kappa shape index (κ2) is 6.54. The van der Waals surface area contributed by atoms with E-state index in [1.165, 1.54) is 53.9 Å². The van der Waals surface area contributed by atoms with Gasteiger partial charge in [-0.05, 0) is 44.4 Å². The SMILES string of the molecule is c1ccc2sc([C@H]3CCCN3Cc3cncn3C3CCCC3)nc2c1. The zero-order valence-corrected chi connectivity index (χ0v) is 15.3. The lowest BCUT2D eigenvalue weighted by atomic mass is 10.2. The Morgan fingerprint density at radius 1 is 1.08 bits per heavy atom. The lowest BCUT2D eigenvalue weighted by molar-refractivity contribution is 0.239. The Bertz CT molecular complexity index is 828. The van der Waals surface area contributed by atoms with Crippen LogP contribution in [-0.4, -0.2) is 26.0 Å². The van der Waals surface area contributed by atoms with Gasteiger partial charge in [0.25, 0.3) is 0 Å². The topological polar surface area (TPSA) is 34.0 Å². The average Bonchev–Trinajstić information content (AvgIpc) is 3.41. The normalized spacial score (nSPS) is 22.3. The van der Waals surface area contributed by atoms with Gasteiger partial charge in [-0.3, -0.25) is 4.90 Å². The minimum Gasteiger partial charge on any atom is -0.330 e. The molecule has 5 heteroatoms. The minimum absolute atomic E-state index is 0.462. The van der Waals surface area contributed by atoms with E-state index in [-0.39, 0.29) is 0 Å².